The van der Waals surface area contributed by atoms with Gasteiger partial charge in [0.2, 0.25) is 17.7 Å². The van der Waals surface area contributed by atoms with Gasteiger partial charge in [0.15, 0.2) is 0 Å². The maximum absolute atomic E-state index is 14.1. The fraction of sp³-hybridized carbons (Fsp3) is 0.483. The van der Waals surface area contributed by atoms with Gasteiger partial charge in [-0.1, -0.05) is 35.5 Å². The van der Waals surface area contributed by atoms with Crippen molar-refractivity contribution < 1.29 is 24.2 Å². The molecule has 11 heteroatoms. The first kappa shape index (κ1) is 26.4. The summed E-state index contributed by atoms with van der Waals surface area (Å²) >= 11 is 0. The molecule has 3 N–H and O–H groups in total. The van der Waals surface area contributed by atoms with Gasteiger partial charge < -0.3 is 25.4 Å². The second-order valence-corrected chi connectivity index (χ2v) is 11.2. The average Bonchev–Trinajstić information content (AvgIpc) is 3.66. The maximum Gasteiger partial charge on any atom is 0.247 e. The van der Waals surface area contributed by atoms with E-state index in [-0.39, 0.29) is 31.0 Å². The number of fused-ring (bicyclic) bond motifs is 2. The Labute approximate surface area is 231 Å². The molecule has 4 heterocycles. The number of carbonyl (C=O) groups is 3. The van der Waals surface area contributed by atoms with E-state index in [0.29, 0.717) is 44.3 Å². The number of hydrogen-bond donors (Lipinski definition) is 3. The highest BCUT2D eigenvalue weighted by atomic mass is 16.5. The lowest BCUT2D eigenvalue weighted by Crippen LogP contribution is -2.55. The minimum absolute atomic E-state index is 0.0689. The normalized spacial score (nSPS) is 28.7. The van der Waals surface area contributed by atoms with Crippen LogP contribution >= 0.6 is 0 Å². The van der Waals surface area contributed by atoms with Gasteiger partial charge in [-0.25, -0.2) is 4.68 Å². The smallest absolute Gasteiger partial charge is 0.247 e. The molecule has 3 amide bonds. The number of para-hydroxylation sites is 2. The average molecular weight is 547 g/mol. The Morgan fingerprint density at radius 1 is 1.05 bits per heavy atom. The van der Waals surface area contributed by atoms with E-state index in [0.717, 1.165) is 11.0 Å². The molecule has 0 aliphatic carbocycles. The third kappa shape index (κ3) is 4.24. The highest BCUT2D eigenvalue weighted by Gasteiger charge is 2.77. The summed E-state index contributed by atoms with van der Waals surface area (Å²) in [7, 11) is 0. The number of nitrogens with one attached hydrogen (secondary N) is 2. The molecule has 2 bridgehead atoms. The lowest BCUT2D eigenvalue weighted by atomic mass is 9.66. The number of likely N-dealkylation sites (tertiary alicyclic amines) is 1. The minimum atomic E-state index is -1.10. The molecule has 1 spiro atoms. The number of nitrogens with zero attached hydrogens (tertiary/aromatic N) is 4. The first-order valence-electron chi connectivity index (χ1n) is 13.9. The summed E-state index contributed by atoms with van der Waals surface area (Å²) in [5, 5.41) is 23.5. The van der Waals surface area contributed by atoms with Crippen molar-refractivity contribution in [3.63, 3.8) is 0 Å². The number of aliphatic hydroxyl groups excluding tert-OH is 1. The van der Waals surface area contributed by atoms with Gasteiger partial charge in [0, 0.05) is 18.8 Å². The van der Waals surface area contributed by atoms with Crippen LogP contribution in [-0.4, -0.2) is 73.1 Å². The molecule has 0 saturated carbocycles. The number of aliphatic hydroxyl groups is 1. The zero-order valence-corrected chi connectivity index (χ0v) is 22.5. The number of amides is 3. The largest absolute Gasteiger partial charge is 0.396 e. The first-order chi connectivity index (χ1) is 19.4. The Kier molecular flexibility index (Phi) is 6.79. The van der Waals surface area contributed by atoms with Gasteiger partial charge >= 0.3 is 0 Å². The maximum atomic E-state index is 14.1. The van der Waals surface area contributed by atoms with Crippen molar-refractivity contribution in [2.45, 2.75) is 62.9 Å². The Balaban J connectivity index is 1.29. The number of unbranched alkanes of at least 4 members (excludes halogenated alkanes) is 2. The standard InChI is InChI=1S/C29H34N6O5/c1-28-14-15-29(40-28)23(22(28)25(37)31-19-10-4-2-5-11-19)27(39)34(16-8-3-9-17-36)24(29)26(38)30-18-35-21-13-7-6-12-20(21)32-33-35/h2,4-7,10-13,22-24,36H,3,8-9,14-18H2,1H3,(H,30,38)(H,31,37)/t22-,23+,24?,28+,29?/m1/s1. The van der Waals surface area contributed by atoms with Crippen LogP contribution in [0.25, 0.3) is 11.0 Å². The minimum Gasteiger partial charge on any atom is -0.396 e. The molecule has 3 fully saturated rings. The van der Waals surface area contributed by atoms with Crippen LogP contribution in [0.2, 0.25) is 0 Å². The third-order valence-electron chi connectivity index (χ3n) is 8.73. The van der Waals surface area contributed by atoms with E-state index in [9.17, 15) is 19.5 Å². The predicted molar refractivity (Wildman–Crippen MR) is 146 cm³/mol. The van der Waals surface area contributed by atoms with Crippen molar-refractivity contribution in [3.8, 4) is 0 Å². The molecule has 3 aliphatic rings. The van der Waals surface area contributed by atoms with Gasteiger partial charge in [0.1, 0.15) is 23.8 Å². The van der Waals surface area contributed by atoms with Crippen LogP contribution in [0.15, 0.2) is 54.6 Å². The fourth-order valence-corrected chi connectivity index (χ4v) is 6.96. The van der Waals surface area contributed by atoms with Gasteiger partial charge in [-0.15, -0.1) is 5.10 Å². The Bertz CT molecular complexity index is 1430. The Morgan fingerprint density at radius 2 is 1.82 bits per heavy atom. The Morgan fingerprint density at radius 3 is 2.62 bits per heavy atom. The third-order valence-corrected chi connectivity index (χ3v) is 8.73. The van der Waals surface area contributed by atoms with Crippen LogP contribution < -0.4 is 10.6 Å². The second kappa shape index (κ2) is 10.3. The van der Waals surface area contributed by atoms with Crippen LogP contribution in [0.1, 0.15) is 39.0 Å². The zero-order chi connectivity index (χ0) is 27.9. The van der Waals surface area contributed by atoms with Crippen molar-refractivity contribution in [1.82, 2.24) is 25.2 Å². The van der Waals surface area contributed by atoms with E-state index < -0.39 is 29.1 Å². The molecule has 3 saturated heterocycles. The molecule has 1 aromatic heterocycles. The molecule has 0 radical (unpaired) electrons. The summed E-state index contributed by atoms with van der Waals surface area (Å²) in [4.78, 5) is 43.3. The lowest BCUT2D eigenvalue weighted by molar-refractivity contribution is -0.145. The van der Waals surface area contributed by atoms with Gasteiger partial charge in [0.05, 0.1) is 23.0 Å². The molecular formula is C29H34N6O5. The van der Waals surface area contributed by atoms with E-state index in [1.54, 1.807) is 21.7 Å². The highest BCUT2D eigenvalue weighted by Crippen LogP contribution is 2.63. The molecule has 5 atom stereocenters. The molecule has 2 unspecified atom stereocenters. The van der Waals surface area contributed by atoms with E-state index >= 15 is 0 Å². The monoisotopic (exact) mass is 546 g/mol. The van der Waals surface area contributed by atoms with Crippen LogP contribution in [-0.2, 0) is 25.8 Å². The van der Waals surface area contributed by atoms with Crippen LogP contribution in [0.4, 0.5) is 5.69 Å². The molecular weight excluding hydrogens is 512 g/mol. The van der Waals surface area contributed by atoms with Gasteiger partial charge in [-0.05, 0) is 63.3 Å². The van der Waals surface area contributed by atoms with E-state index in [1.165, 1.54) is 0 Å². The number of aromatic nitrogens is 3. The lowest BCUT2D eigenvalue weighted by Gasteiger charge is -2.33. The quantitative estimate of drug-likeness (QED) is 0.331. The van der Waals surface area contributed by atoms with Gasteiger partial charge in [-0.3, -0.25) is 14.4 Å². The van der Waals surface area contributed by atoms with E-state index in [2.05, 4.69) is 20.9 Å². The van der Waals surface area contributed by atoms with Crippen LogP contribution in [0, 0.1) is 11.8 Å². The summed E-state index contributed by atoms with van der Waals surface area (Å²) in [6, 6.07) is 15.7. The molecule has 210 valence electrons. The number of hydrogen-bond acceptors (Lipinski definition) is 7. The summed E-state index contributed by atoms with van der Waals surface area (Å²) in [5.74, 6) is -2.34. The summed E-state index contributed by atoms with van der Waals surface area (Å²) in [6.45, 7) is 2.37. The van der Waals surface area contributed by atoms with E-state index in [4.69, 9.17) is 4.74 Å². The molecule has 2 aromatic carbocycles. The number of carbonyl (C=O) groups excluding carboxylic acids is 3. The van der Waals surface area contributed by atoms with Crippen LogP contribution in [0.3, 0.4) is 0 Å². The number of ether oxygens (including phenoxy) is 1. The highest BCUT2D eigenvalue weighted by molar-refractivity contribution is 6.02. The molecule has 3 aromatic rings. The molecule has 11 nitrogen and oxygen atoms in total. The second-order valence-electron chi connectivity index (χ2n) is 11.2. The van der Waals surface area contributed by atoms with Gasteiger partial charge in [0.25, 0.3) is 0 Å². The molecule has 6 rings (SSSR count). The predicted octanol–water partition coefficient (Wildman–Crippen LogP) is 2.07. The van der Waals surface area contributed by atoms with Crippen molar-refractivity contribution in [2.75, 3.05) is 18.5 Å². The topological polar surface area (TPSA) is 139 Å². The van der Waals surface area contributed by atoms with Crippen molar-refractivity contribution in [3.05, 3.63) is 54.6 Å². The zero-order valence-electron chi connectivity index (χ0n) is 22.5. The Hall–Kier alpha value is -3.83. The fourth-order valence-electron chi connectivity index (χ4n) is 6.96. The molecule has 40 heavy (non-hydrogen) atoms. The van der Waals surface area contributed by atoms with Crippen molar-refractivity contribution >= 4 is 34.4 Å². The number of anilines is 1. The first-order valence-corrected chi connectivity index (χ1v) is 13.9. The van der Waals surface area contributed by atoms with Crippen molar-refractivity contribution in [2.24, 2.45) is 11.8 Å². The number of benzene rings is 2. The number of rotatable bonds is 10. The SMILES string of the molecule is C[C@@]12CCC3(O1)C(C(=O)NCn1nnc4ccccc41)N(CCCCCO)C(=O)[C@@H]3[C@@H]2C(=O)Nc1ccccc1. The van der Waals surface area contributed by atoms with Crippen LogP contribution in [0.5, 0.6) is 0 Å². The molecule has 3 aliphatic heterocycles. The summed E-state index contributed by atoms with van der Waals surface area (Å²) in [6.07, 6.45) is 3.04. The van der Waals surface area contributed by atoms with Crippen molar-refractivity contribution in [1.29, 1.82) is 0 Å². The van der Waals surface area contributed by atoms with E-state index in [1.807, 2.05) is 49.4 Å². The van der Waals surface area contributed by atoms with Gasteiger partial charge in [-0.2, -0.15) is 0 Å². The summed E-state index contributed by atoms with van der Waals surface area (Å²) < 4.78 is 8.26. The summed E-state index contributed by atoms with van der Waals surface area (Å²) in [5.41, 5.74) is 0.188.